The molecular weight excluding hydrogens is 186 g/mol. The summed E-state index contributed by atoms with van der Waals surface area (Å²) in [4.78, 5) is 8.10. The Morgan fingerprint density at radius 3 is 2.87 bits per heavy atom. The van der Waals surface area contributed by atoms with Crippen molar-refractivity contribution in [3.05, 3.63) is 29.9 Å². The minimum Gasteiger partial charge on any atom is -0.313 e. The molecule has 0 spiro atoms. The summed E-state index contributed by atoms with van der Waals surface area (Å²) in [5.74, 6) is 0.541. The number of hydrogen-bond acceptors (Lipinski definition) is 3. The molecule has 1 rings (SSSR count). The van der Waals surface area contributed by atoms with Gasteiger partial charge in [0.1, 0.15) is 6.33 Å². The lowest BCUT2D eigenvalue weighted by atomic mass is 10.0. The second-order valence-corrected chi connectivity index (χ2v) is 3.79. The predicted molar refractivity (Wildman–Crippen MR) is 63.4 cm³/mol. The fraction of sp³-hybridized carbons (Fsp3) is 0.500. The normalized spacial score (nSPS) is 12.1. The Bertz CT molecular complexity index is 304. The smallest absolute Gasteiger partial charge is 0.115 e. The van der Waals surface area contributed by atoms with Crippen LogP contribution >= 0.6 is 0 Å². The molecule has 0 radical (unpaired) electrons. The van der Waals surface area contributed by atoms with Crippen molar-refractivity contribution >= 4 is 6.08 Å². The SMILES string of the molecule is CCNCC(=Cc1ccncn1)C(C)C. The van der Waals surface area contributed by atoms with Crippen LogP contribution in [0.15, 0.2) is 24.2 Å². The van der Waals surface area contributed by atoms with Crippen molar-refractivity contribution in [3.63, 3.8) is 0 Å². The minimum atomic E-state index is 0.541. The van der Waals surface area contributed by atoms with Crippen molar-refractivity contribution in [3.8, 4) is 0 Å². The summed E-state index contributed by atoms with van der Waals surface area (Å²) in [7, 11) is 0. The van der Waals surface area contributed by atoms with Crippen molar-refractivity contribution in [1.29, 1.82) is 0 Å². The number of nitrogens with one attached hydrogen (secondary N) is 1. The molecule has 82 valence electrons. The molecule has 0 saturated heterocycles. The maximum atomic E-state index is 4.19. The molecule has 0 bridgehead atoms. The first-order valence-corrected chi connectivity index (χ1v) is 5.41. The Hall–Kier alpha value is -1.22. The molecule has 3 nitrogen and oxygen atoms in total. The van der Waals surface area contributed by atoms with Gasteiger partial charge in [0, 0.05) is 12.7 Å². The Balaban J connectivity index is 2.75. The van der Waals surface area contributed by atoms with Gasteiger partial charge in [-0.15, -0.1) is 0 Å². The van der Waals surface area contributed by atoms with Gasteiger partial charge in [-0.2, -0.15) is 0 Å². The molecule has 1 heterocycles. The van der Waals surface area contributed by atoms with Crippen LogP contribution < -0.4 is 5.32 Å². The Morgan fingerprint density at radius 2 is 2.33 bits per heavy atom. The third-order valence-electron chi connectivity index (χ3n) is 2.26. The van der Waals surface area contributed by atoms with Gasteiger partial charge in [-0.3, -0.25) is 0 Å². The molecule has 0 aromatic carbocycles. The quantitative estimate of drug-likeness (QED) is 0.800. The zero-order chi connectivity index (χ0) is 11.1. The Kier molecular flexibility index (Phi) is 4.98. The van der Waals surface area contributed by atoms with Gasteiger partial charge in [0.25, 0.3) is 0 Å². The van der Waals surface area contributed by atoms with E-state index in [0.29, 0.717) is 5.92 Å². The second-order valence-electron chi connectivity index (χ2n) is 3.79. The second kappa shape index (κ2) is 6.30. The topological polar surface area (TPSA) is 37.8 Å². The van der Waals surface area contributed by atoms with Crippen LogP contribution in [-0.4, -0.2) is 23.1 Å². The first-order chi connectivity index (χ1) is 7.24. The molecule has 1 N–H and O–H groups in total. The fourth-order valence-electron chi connectivity index (χ4n) is 1.27. The number of rotatable bonds is 5. The van der Waals surface area contributed by atoms with Gasteiger partial charge in [0.05, 0.1) is 5.69 Å². The molecule has 0 aliphatic heterocycles. The molecule has 0 aliphatic rings. The maximum Gasteiger partial charge on any atom is 0.115 e. The van der Waals surface area contributed by atoms with Crippen molar-refractivity contribution in [1.82, 2.24) is 15.3 Å². The zero-order valence-electron chi connectivity index (χ0n) is 9.70. The summed E-state index contributed by atoms with van der Waals surface area (Å²) < 4.78 is 0. The summed E-state index contributed by atoms with van der Waals surface area (Å²) in [5.41, 5.74) is 2.35. The van der Waals surface area contributed by atoms with E-state index in [-0.39, 0.29) is 0 Å². The van der Waals surface area contributed by atoms with E-state index in [1.807, 2.05) is 6.07 Å². The van der Waals surface area contributed by atoms with E-state index in [1.54, 1.807) is 12.5 Å². The van der Waals surface area contributed by atoms with E-state index in [1.165, 1.54) is 5.57 Å². The van der Waals surface area contributed by atoms with Crippen LogP contribution in [0, 0.1) is 5.92 Å². The first kappa shape index (κ1) is 11.9. The third-order valence-corrected chi connectivity index (χ3v) is 2.26. The average molecular weight is 205 g/mol. The van der Waals surface area contributed by atoms with Gasteiger partial charge in [0.2, 0.25) is 0 Å². The molecule has 3 heteroatoms. The molecule has 0 aliphatic carbocycles. The van der Waals surface area contributed by atoms with E-state index < -0.39 is 0 Å². The number of aromatic nitrogens is 2. The van der Waals surface area contributed by atoms with Crippen LogP contribution in [0.3, 0.4) is 0 Å². The van der Waals surface area contributed by atoms with Crippen LogP contribution in [0.25, 0.3) is 6.08 Å². The highest BCUT2D eigenvalue weighted by molar-refractivity contribution is 5.49. The van der Waals surface area contributed by atoms with Crippen molar-refractivity contribution in [2.45, 2.75) is 20.8 Å². The van der Waals surface area contributed by atoms with Gasteiger partial charge in [-0.25, -0.2) is 9.97 Å². The van der Waals surface area contributed by atoms with Gasteiger partial charge in [-0.05, 0) is 24.6 Å². The molecule has 0 atom stereocenters. The molecule has 0 saturated carbocycles. The highest BCUT2D eigenvalue weighted by atomic mass is 14.8. The first-order valence-electron chi connectivity index (χ1n) is 5.41. The van der Waals surface area contributed by atoms with Gasteiger partial charge in [0.15, 0.2) is 0 Å². The van der Waals surface area contributed by atoms with Gasteiger partial charge < -0.3 is 5.32 Å². The largest absolute Gasteiger partial charge is 0.313 e. The summed E-state index contributed by atoms with van der Waals surface area (Å²) >= 11 is 0. The monoisotopic (exact) mass is 205 g/mol. The number of likely N-dealkylation sites (N-methyl/N-ethyl adjacent to an activating group) is 1. The molecule has 15 heavy (non-hydrogen) atoms. The Labute approximate surface area is 91.7 Å². The lowest BCUT2D eigenvalue weighted by Crippen LogP contribution is -2.18. The highest BCUT2D eigenvalue weighted by Gasteiger charge is 2.02. The predicted octanol–water partition coefficient (Wildman–Crippen LogP) is 2.13. The van der Waals surface area contributed by atoms with E-state index in [4.69, 9.17) is 0 Å². The third kappa shape index (κ3) is 4.21. The van der Waals surface area contributed by atoms with E-state index in [2.05, 4.69) is 42.1 Å². The molecule has 0 unspecified atom stereocenters. The van der Waals surface area contributed by atoms with E-state index in [9.17, 15) is 0 Å². The molecule has 1 aromatic rings. The van der Waals surface area contributed by atoms with Gasteiger partial charge in [-0.1, -0.05) is 26.3 Å². The summed E-state index contributed by atoms with van der Waals surface area (Å²) in [6.45, 7) is 8.43. The van der Waals surface area contributed by atoms with Crippen LogP contribution in [0.2, 0.25) is 0 Å². The fourth-order valence-corrected chi connectivity index (χ4v) is 1.27. The van der Waals surface area contributed by atoms with Crippen molar-refractivity contribution in [2.24, 2.45) is 5.92 Å². The van der Waals surface area contributed by atoms with Crippen molar-refractivity contribution in [2.75, 3.05) is 13.1 Å². The van der Waals surface area contributed by atoms with E-state index >= 15 is 0 Å². The standard InChI is InChI=1S/C12H19N3/c1-4-13-8-11(10(2)3)7-12-5-6-14-9-15-12/h5-7,9-10,13H,4,8H2,1-3H3. The minimum absolute atomic E-state index is 0.541. The summed E-state index contributed by atoms with van der Waals surface area (Å²) in [5, 5.41) is 3.34. The molecule has 1 aromatic heterocycles. The number of nitrogens with zero attached hydrogens (tertiary/aromatic N) is 2. The summed E-state index contributed by atoms with van der Waals surface area (Å²) in [6.07, 6.45) is 5.48. The van der Waals surface area contributed by atoms with Gasteiger partial charge >= 0.3 is 0 Å². The lowest BCUT2D eigenvalue weighted by molar-refractivity contribution is 0.682. The zero-order valence-corrected chi connectivity index (χ0v) is 9.70. The molecule has 0 fully saturated rings. The summed E-state index contributed by atoms with van der Waals surface area (Å²) in [6, 6.07) is 1.92. The van der Waals surface area contributed by atoms with Crippen LogP contribution in [0.4, 0.5) is 0 Å². The molecule has 0 amide bonds. The van der Waals surface area contributed by atoms with Crippen LogP contribution in [0.1, 0.15) is 26.5 Å². The number of hydrogen-bond donors (Lipinski definition) is 1. The average Bonchev–Trinajstić information content (AvgIpc) is 2.25. The van der Waals surface area contributed by atoms with Crippen LogP contribution in [-0.2, 0) is 0 Å². The molecular formula is C12H19N3. The van der Waals surface area contributed by atoms with Crippen LogP contribution in [0.5, 0.6) is 0 Å². The highest BCUT2D eigenvalue weighted by Crippen LogP contribution is 2.12. The lowest BCUT2D eigenvalue weighted by Gasteiger charge is -2.11. The van der Waals surface area contributed by atoms with E-state index in [0.717, 1.165) is 18.8 Å². The van der Waals surface area contributed by atoms with Crippen molar-refractivity contribution < 1.29 is 0 Å². The maximum absolute atomic E-state index is 4.19. The Morgan fingerprint density at radius 1 is 1.53 bits per heavy atom.